The van der Waals surface area contributed by atoms with Crippen molar-refractivity contribution < 1.29 is 4.39 Å². The van der Waals surface area contributed by atoms with Gasteiger partial charge in [-0.05, 0) is 31.5 Å². The van der Waals surface area contributed by atoms with Crippen molar-refractivity contribution in [2.75, 3.05) is 24.5 Å². The second kappa shape index (κ2) is 6.09. The van der Waals surface area contributed by atoms with E-state index in [1.165, 1.54) is 12.1 Å². The summed E-state index contributed by atoms with van der Waals surface area (Å²) in [6.07, 6.45) is 2.18. The fraction of sp³-hybridized carbons (Fsp3) is 0.538. The van der Waals surface area contributed by atoms with Crippen LogP contribution in [0.2, 0.25) is 10.0 Å². The second-order valence-electron chi connectivity index (χ2n) is 4.60. The van der Waals surface area contributed by atoms with Crippen LogP contribution in [0.3, 0.4) is 0 Å². The monoisotopic (exact) mass is 290 g/mol. The molecule has 0 aromatic heterocycles. The van der Waals surface area contributed by atoms with Gasteiger partial charge in [-0.3, -0.25) is 0 Å². The minimum Gasteiger partial charge on any atom is -0.367 e. The van der Waals surface area contributed by atoms with E-state index in [0.29, 0.717) is 16.1 Å². The van der Waals surface area contributed by atoms with Crippen LogP contribution >= 0.6 is 23.2 Å². The van der Waals surface area contributed by atoms with E-state index in [2.05, 4.69) is 17.1 Å². The van der Waals surface area contributed by atoms with Gasteiger partial charge in [0.15, 0.2) is 0 Å². The van der Waals surface area contributed by atoms with Crippen LogP contribution < -0.4 is 10.2 Å². The molecule has 100 valence electrons. The smallest absolute Gasteiger partial charge is 0.126 e. The first-order valence-corrected chi connectivity index (χ1v) is 7.00. The summed E-state index contributed by atoms with van der Waals surface area (Å²) in [6.45, 7) is 4.92. The zero-order valence-electron chi connectivity index (χ0n) is 10.3. The van der Waals surface area contributed by atoms with Gasteiger partial charge < -0.3 is 10.2 Å². The number of rotatable bonds is 4. The molecule has 1 aromatic rings. The molecule has 1 heterocycles. The predicted molar refractivity (Wildman–Crippen MR) is 75.3 cm³/mol. The molecule has 1 aliphatic heterocycles. The van der Waals surface area contributed by atoms with Crippen molar-refractivity contribution in [3.05, 3.63) is 28.0 Å². The quantitative estimate of drug-likeness (QED) is 0.909. The SMILES string of the molecule is CCCNC1CCN(c2c(Cl)cc(F)cc2Cl)C1. The summed E-state index contributed by atoms with van der Waals surface area (Å²) in [6, 6.07) is 3.09. The summed E-state index contributed by atoms with van der Waals surface area (Å²) >= 11 is 12.2. The number of nitrogens with zero attached hydrogens (tertiary/aromatic N) is 1. The second-order valence-corrected chi connectivity index (χ2v) is 5.42. The van der Waals surface area contributed by atoms with Crippen LogP contribution in [-0.2, 0) is 0 Å². The Labute approximate surface area is 117 Å². The molecular weight excluding hydrogens is 274 g/mol. The van der Waals surface area contributed by atoms with Crippen LogP contribution in [0.1, 0.15) is 19.8 Å². The Bertz CT molecular complexity index is 402. The van der Waals surface area contributed by atoms with Gasteiger partial charge in [-0.15, -0.1) is 0 Å². The Hall–Kier alpha value is -0.510. The molecule has 0 bridgehead atoms. The third-order valence-electron chi connectivity index (χ3n) is 3.17. The molecule has 1 N–H and O–H groups in total. The summed E-state index contributed by atoms with van der Waals surface area (Å²) in [5.74, 6) is -0.395. The van der Waals surface area contributed by atoms with Crippen LogP contribution in [0, 0.1) is 5.82 Å². The minimum atomic E-state index is -0.395. The number of hydrogen-bond acceptors (Lipinski definition) is 2. The molecule has 1 saturated heterocycles. The highest BCUT2D eigenvalue weighted by Crippen LogP contribution is 2.36. The minimum absolute atomic E-state index is 0.385. The number of anilines is 1. The van der Waals surface area contributed by atoms with E-state index in [9.17, 15) is 4.39 Å². The fourth-order valence-corrected chi connectivity index (χ4v) is 3.01. The lowest BCUT2D eigenvalue weighted by Gasteiger charge is -2.21. The molecular formula is C13H17Cl2FN2. The number of halogens is 3. The van der Waals surface area contributed by atoms with Gasteiger partial charge in [-0.1, -0.05) is 30.1 Å². The first-order chi connectivity index (χ1) is 8.61. The van der Waals surface area contributed by atoms with Crippen LogP contribution in [0.15, 0.2) is 12.1 Å². The molecule has 1 atom stereocenters. The van der Waals surface area contributed by atoms with E-state index in [1.54, 1.807) is 0 Å². The lowest BCUT2D eigenvalue weighted by Crippen LogP contribution is -2.33. The third kappa shape index (κ3) is 3.08. The van der Waals surface area contributed by atoms with Gasteiger partial charge in [0.1, 0.15) is 5.82 Å². The van der Waals surface area contributed by atoms with Crippen molar-refractivity contribution >= 4 is 28.9 Å². The van der Waals surface area contributed by atoms with E-state index in [1.807, 2.05) is 0 Å². The van der Waals surface area contributed by atoms with Crippen LogP contribution in [-0.4, -0.2) is 25.7 Å². The van der Waals surface area contributed by atoms with Gasteiger partial charge in [-0.25, -0.2) is 4.39 Å². The van der Waals surface area contributed by atoms with Crippen molar-refractivity contribution in [3.63, 3.8) is 0 Å². The van der Waals surface area contributed by atoms with E-state index < -0.39 is 5.82 Å². The maximum absolute atomic E-state index is 13.1. The van der Waals surface area contributed by atoms with Crippen LogP contribution in [0.25, 0.3) is 0 Å². The number of nitrogens with one attached hydrogen (secondary N) is 1. The molecule has 1 fully saturated rings. The Morgan fingerprint density at radius 3 is 2.67 bits per heavy atom. The largest absolute Gasteiger partial charge is 0.367 e. The summed E-state index contributed by atoms with van der Waals surface area (Å²) in [7, 11) is 0. The molecule has 0 amide bonds. The Kier molecular flexibility index (Phi) is 4.71. The van der Waals surface area contributed by atoms with Gasteiger partial charge in [0.2, 0.25) is 0 Å². The fourth-order valence-electron chi connectivity index (χ4n) is 2.32. The number of hydrogen-bond donors (Lipinski definition) is 1. The van der Waals surface area contributed by atoms with Gasteiger partial charge in [-0.2, -0.15) is 0 Å². The van der Waals surface area contributed by atoms with Gasteiger partial charge >= 0.3 is 0 Å². The molecule has 1 aliphatic rings. The average molecular weight is 291 g/mol. The molecule has 2 nitrogen and oxygen atoms in total. The molecule has 2 rings (SSSR count). The van der Waals surface area contributed by atoms with E-state index >= 15 is 0 Å². The van der Waals surface area contributed by atoms with Crippen LogP contribution in [0.4, 0.5) is 10.1 Å². The topological polar surface area (TPSA) is 15.3 Å². The van der Waals surface area contributed by atoms with E-state index in [4.69, 9.17) is 23.2 Å². The summed E-state index contributed by atoms with van der Waals surface area (Å²) in [4.78, 5) is 2.12. The molecule has 5 heteroatoms. The van der Waals surface area contributed by atoms with E-state index in [0.717, 1.165) is 38.2 Å². The predicted octanol–water partition coefficient (Wildman–Crippen LogP) is 3.71. The third-order valence-corrected chi connectivity index (χ3v) is 3.75. The highest BCUT2D eigenvalue weighted by molar-refractivity contribution is 6.39. The normalized spacial score (nSPS) is 19.6. The molecule has 1 unspecified atom stereocenters. The van der Waals surface area contributed by atoms with Crippen LogP contribution in [0.5, 0.6) is 0 Å². The Morgan fingerprint density at radius 2 is 2.06 bits per heavy atom. The summed E-state index contributed by atoms with van der Waals surface area (Å²) in [5, 5.41) is 4.25. The standard InChI is InChI=1S/C13H17Cl2FN2/c1-2-4-17-10-3-5-18(8-10)13-11(14)6-9(16)7-12(13)15/h6-7,10,17H,2-5,8H2,1H3. The average Bonchev–Trinajstić information content (AvgIpc) is 2.73. The molecule has 0 radical (unpaired) electrons. The molecule has 1 aromatic carbocycles. The summed E-state index contributed by atoms with van der Waals surface area (Å²) in [5.41, 5.74) is 0.750. The zero-order valence-corrected chi connectivity index (χ0v) is 11.9. The van der Waals surface area contributed by atoms with Crippen molar-refractivity contribution in [1.82, 2.24) is 5.32 Å². The first-order valence-electron chi connectivity index (χ1n) is 6.24. The molecule has 0 aliphatic carbocycles. The number of benzene rings is 1. The van der Waals surface area contributed by atoms with Crippen molar-refractivity contribution in [3.8, 4) is 0 Å². The highest BCUT2D eigenvalue weighted by atomic mass is 35.5. The highest BCUT2D eigenvalue weighted by Gasteiger charge is 2.25. The summed E-state index contributed by atoms with van der Waals surface area (Å²) < 4.78 is 13.1. The molecule has 18 heavy (non-hydrogen) atoms. The van der Waals surface area contributed by atoms with Gasteiger partial charge in [0, 0.05) is 19.1 Å². The van der Waals surface area contributed by atoms with Gasteiger partial charge in [0.25, 0.3) is 0 Å². The Morgan fingerprint density at radius 1 is 1.39 bits per heavy atom. The molecule has 0 spiro atoms. The maximum Gasteiger partial charge on any atom is 0.126 e. The van der Waals surface area contributed by atoms with E-state index in [-0.39, 0.29) is 0 Å². The Balaban J connectivity index is 2.09. The zero-order chi connectivity index (χ0) is 13.1. The maximum atomic E-state index is 13.1. The first kappa shape index (κ1) is 13.9. The lowest BCUT2D eigenvalue weighted by atomic mass is 10.2. The van der Waals surface area contributed by atoms with Crippen molar-refractivity contribution in [1.29, 1.82) is 0 Å². The van der Waals surface area contributed by atoms with Crippen molar-refractivity contribution in [2.24, 2.45) is 0 Å². The lowest BCUT2D eigenvalue weighted by molar-refractivity contribution is 0.549. The molecule has 0 saturated carbocycles. The van der Waals surface area contributed by atoms with Gasteiger partial charge in [0.05, 0.1) is 15.7 Å². The van der Waals surface area contributed by atoms with Crippen molar-refractivity contribution in [2.45, 2.75) is 25.8 Å².